The number of rotatable bonds is 5. The van der Waals surface area contributed by atoms with Gasteiger partial charge in [0, 0.05) is 11.4 Å². The highest BCUT2D eigenvalue weighted by Gasteiger charge is 2.07. The Bertz CT molecular complexity index is 321. The number of carbonyl (C=O) groups is 1. The molecule has 0 aliphatic heterocycles. The Balaban J connectivity index is 2.43. The molecular formula is C11H13ClO3. The van der Waals surface area contributed by atoms with Crippen LogP contribution in [0, 0.1) is 0 Å². The van der Waals surface area contributed by atoms with E-state index in [0.717, 1.165) is 5.56 Å². The molecule has 0 bridgehead atoms. The van der Waals surface area contributed by atoms with Crippen LogP contribution in [-0.2, 0) is 4.79 Å². The van der Waals surface area contributed by atoms with Crippen molar-refractivity contribution in [3.63, 3.8) is 0 Å². The zero-order valence-electron chi connectivity index (χ0n) is 8.19. The van der Waals surface area contributed by atoms with Gasteiger partial charge in [0.2, 0.25) is 0 Å². The lowest BCUT2D eigenvalue weighted by atomic mass is 10.0. The lowest BCUT2D eigenvalue weighted by Crippen LogP contribution is -2.00. The number of carboxylic acids is 1. The van der Waals surface area contributed by atoms with Crippen molar-refractivity contribution < 1.29 is 15.0 Å². The number of benzene rings is 1. The quantitative estimate of drug-likeness (QED) is 0.815. The average Bonchev–Trinajstić information content (AvgIpc) is 2.18. The van der Waals surface area contributed by atoms with Gasteiger partial charge in [-0.3, -0.25) is 4.79 Å². The van der Waals surface area contributed by atoms with Gasteiger partial charge in [0.15, 0.2) is 0 Å². The van der Waals surface area contributed by atoms with Gasteiger partial charge in [-0.05, 0) is 30.5 Å². The Kier molecular flexibility index (Phi) is 4.59. The molecule has 0 saturated heterocycles. The molecule has 1 unspecified atom stereocenters. The van der Waals surface area contributed by atoms with Gasteiger partial charge in [0.1, 0.15) is 0 Å². The summed E-state index contributed by atoms with van der Waals surface area (Å²) in [7, 11) is 0. The first-order valence-electron chi connectivity index (χ1n) is 4.75. The van der Waals surface area contributed by atoms with E-state index < -0.39 is 12.1 Å². The number of carboxylic acid groups (broad SMARTS) is 1. The van der Waals surface area contributed by atoms with Gasteiger partial charge in [-0.15, -0.1) is 0 Å². The molecular weight excluding hydrogens is 216 g/mol. The third kappa shape index (κ3) is 4.32. The zero-order valence-corrected chi connectivity index (χ0v) is 8.94. The summed E-state index contributed by atoms with van der Waals surface area (Å²) in [5.41, 5.74) is 0.768. The first kappa shape index (κ1) is 12.0. The van der Waals surface area contributed by atoms with Crippen LogP contribution in [0.3, 0.4) is 0 Å². The van der Waals surface area contributed by atoms with E-state index in [1.165, 1.54) is 0 Å². The summed E-state index contributed by atoms with van der Waals surface area (Å²) in [6.07, 6.45) is 0.402. The van der Waals surface area contributed by atoms with E-state index >= 15 is 0 Å². The highest BCUT2D eigenvalue weighted by molar-refractivity contribution is 6.30. The molecule has 15 heavy (non-hydrogen) atoms. The molecule has 82 valence electrons. The second-order valence-electron chi connectivity index (χ2n) is 3.35. The Hall–Kier alpha value is -1.06. The third-order valence-electron chi connectivity index (χ3n) is 2.12. The third-order valence-corrected chi connectivity index (χ3v) is 2.37. The first-order chi connectivity index (χ1) is 7.09. The number of aliphatic hydroxyl groups excluding tert-OH is 1. The molecule has 0 aromatic heterocycles. The fourth-order valence-corrected chi connectivity index (χ4v) is 1.42. The van der Waals surface area contributed by atoms with E-state index in [-0.39, 0.29) is 6.42 Å². The number of hydrogen-bond donors (Lipinski definition) is 2. The minimum atomic E-state index is -0.835. The predicted molar refractivity (Wildman–Crippen MR) is 57.9 cm³/mol. The maximum Gasteiger partial charge on any atom is 0.303 e. The monoisotopic (exact) mass is 228 g/mol. The van der Waals surface area contributed by atoms with E-state index in [4.69, 9.17) is 16.7 Å². The van der Waals surface area contributed by atoms with Gasteiger partial charge in [0.05, 0.1) is 6.10 Å². The second kappa shape index (κ2) is 5.73. The van der Waals surface area contributed by atoms with E-state index in [0.29, 0.717) is 17.9 Å². The zero-order chi connectivity index (χ0) is 11.3. The topological polar surface area (TPSA) is 57.5 Å². The Labute approximate surface area is 93.3 Å². The molecule has 1 rings (SSSR count). The van der Waals surface area contributed by atoms with Crippen molar-refractivity contribution in [2.24, 2.45) is 0 Å². The largest absolute Gasteiger partial charge is 0.481 e. The SMILES string of the molecule is O=C(O)CCCC(O)c1ccc(Cl)cc1. The Morgan fingerprint density at radius 3 is 2.47 bits per heavy atom. The highest BCUT2D eigenvalue weighted by Crippen LogP contribution is 2.20. The van der Waals surface area contributed by atoms with Crippen molar-refractivity contribution in [3.8, 4) is 0 Å². The molecule has 1 atom stereocenters. The maximum atomic E-state index is 10.3. The van der Waals surface area contributed by atoms with Crippen LogP contribution in [0.1, 0.15) is 30.9 Å². The predicted octanol–water partition coefficient (Wildman–Crippen LogP) is 2.63. The van der Waals surface area contributed by atoms with Gasteiger partial charge in [-0.25, -0.2) is 0 Å². The molecule has 0 saturated carbocycles. The van der Waals surface area contributed by atoms with Gasteiger partial charge in [-0.1, -0.05) is 23.7 Å². The Morgan fingerprint density at radius 2 is 1.93 bits per heavy atom. The maximum absolute atomic E-state index is 10.3. The fraction of sp³-hybridized carbons (Fsp3) is 0.364. The van der Waals surface area contributed by atoms with Crippen molar-refractivity contribution in [2.75, 3.05) is 0 Å². The van der Waals surface area contributed by atoms with Crippen LogP contribution in [-0.4, -0.2) is 16.2 Å². The van der Waals surface area contributed by atoms with Gasteiger partial charge in [0.25, 0.3) is 0 Å². The highest BCUT2D eigenvalue weighted by atomic mass is 35.5. The molecule has 0 radical (unpaired) electrons. The molecule has 0 spiro atoms. The molecule has 0 aliphatic rings. The van der Waals surface area contributed by atoms with Crippen LogP contribution in [0.5, 0.6) is 0 Å². The van der Waals surface area contributed by atoms with Crippen LogP contribution in [0.4, 0.5) is 0 Å². The summed E-state index contributed by atoms with van der Waals surface area (Å²) in [5, 5.41) is 18.7. The molecule has 4 heteroatoms. The van der Waals surface area contributed by atoms with Crippen LogP contribution >= 0.6 is 11.6 Å². The van der Waals surface area contributed by atoms with Crippen molar-refractivity contribution in [1.82, 2.24) is 0 Å². The standard InChI is InChI=1S/C11H13ClO3/c12-9-6-4-8(5-7-9)10(13)2-1-3-11(14)15/h4-7,10,13H,1-3H2,(H,14,15). The number of aliphatic hydroxyl groups is 1. The Morgan fingerprint density at radius 1 is 1.33 bits per heavy atom. The molecule has 0 amide bonds. The summed E-state index contributed by atoms with van der Waals surface area (Å²) in [4.78, 5) is 10.3. The average molecular weight is 229 g/mol. The molecule has 1 aromatic rings. The van der Waals surface area contributed by atoms with Crippen LogP contribution in [0.2, 0.25) is 5.02 Å². The summed E-state index contributed by atoms with van der Waals surface area (Å²) in [5.74, 6) is -0.835. The van der Waals surface area contributed by atoms with Crippen molar-refractivity contribution >= 4 is 17.6 Å². The fourth-order valence-electron chi connectivity index (χ4n) is 1.30. The summed E-state index contributed by atoms with van der Waals surface area (Å²) in [6.45, 7) is 0. The smallest absolute Gasteiger partial charge is 0.303 e. The van der Waals surface area contributed by atoms with Crippen molar-refractivity contribution in [2.45, 2.75) is 25.4 Å². The lowest BCUT2D eigenvalue weighted by molar-refractivity contribution is -0.137. The van der Waals surface area contributed by atoms with Crippen LogP contribution in [0.25, 0.3) is 0 Å². The van der Waals surface area contributed by atoms with E-state index in [1.807, 2.05) is 0 Å². The van der Waals surface area contributed by atoms with Crippen molar-refractivity contribution in [3.05, 3.63) is 34.9 Å². The summed E-state index contributed by atoms with van der Waals surface area (Å²) >= 11 is 5.70. The second-order valence-corrected chi connectivity index (χ2v) is 3.79. The molecule has 2 N–H and O–H groups in total. The van der Waals surface area contributed by atoms with Crippen LogP contribution < -0.4 is 0 Å². The number of aliphatic carboxylic acids is 1. The van der Waals surface area contributed by atoms with Gasteiger partial charge >= 0.3 is 5.97 Å². The van der Waals surface area contributed by atoms with Gasteiger partial charge < -0.3 is 10.2 Å². The number of hydrogen-bond acceptors (Lipinski definition) is 2. The minimum absolute atomic E-state index is 0.0879. The molecule has 0 heterocycles. The molecule has 0 aliphatic carbocycles. The summed E-state index contributed by atoms with van der Waals surface area (Å²) < 4.78 is 0. The van der Waals surface area contributed by atoms with Crippen molar-refractivity contribution in [1.29, 1.82) is 0 Å². The van der Waals surface area contributed by atoms with E-state index in [2.05, 4.69) is 0 Å². The van der Waals surface area contributed by atoms with E-state index in [1.54, 1.807) is 24.3 Å². The van der Waals surface area contributed by atoms with E-state index in [9.17, 15) is 9.90 Å². The summed E-state index contributed by atoms with van der Waals surface area (Å²) in [6, 6.07) is 6.90. The first-order valence-corrected chi connectivity index (χ1v) is 5.12. The number of halogens is 1. The lowest BCUT2D eigenvalue weighted by Gasteiger charge is -2.09. The normalized spacial score (nSPS) is 12.4. The van der Waals surface area contributed by atoms with Gasteiger partial charge in [-0.2, -0.15) is 0 Å². The molecule has 3 nitrogen and oxygen atoms in total. The molecule has 1 aromatic carbocycles. The molecule has 0 fully saturated rings. The van der Waals surface area contributed by atoms with Crippen LogP contribution in [0.15, 0.2) is 24.3 Å². The minimum Gasteiger partial charge on any atom is -0.481 e.